The SMILES string of the molecule is COC(C)(C)CCOC(C)(C)CCNC(=O)CCCC(=O)C(C)(C)OCCC(C)C. The Kier molecular flexibility index (Phi) is 13.0. The molecule has 0 heterocycles. The van der Waals surface area contributed by atoms with Crippen LogP contribution >= 0.6 is 0 Å². The third-order valence-corrected chi connectivity index (χ3v) is 5.44. The second kappa shape index (κ2) is 13.4. The van der Waals surface area contributed by atoms with E-state index in [1.165, 1.54) is 0 Å². The number of ether oxygens (including phenoxy) is 3. The lowest BCUT2D eigenvalue weighted by Crippen LogP contribution is -2.36. The van der Waals surface area contributed by atoms with E-state index in [1.54, 1.807) is 7.11 Å². The lowest BCUT2D eigenvalue weighted by atomic mass is 9.98. The Morgan fingerprint density at radius 3 is 2.07 bits per heavy atom. The smallest absolute Gasteiger partial charge is 0.220 e. The number of amides is 1. The molecular formula is C24H47NO5. The molecule has 0 saturated carbocycles. The molecule has 0 saturated heterocycles. The minimum absolute atomic E-state index is 0.0300. The van der Waals surface area contributed by atoms with Crippen molar-refractivity contribution < 1.29 is 23.8 Å². The van der Waals surface area contributed by atoms with Crippen molar-refractivity contribution in [2.75, 3.05) is 26.9 Å². The van der Waals surface area contributed by atoms with Crippen LogP contribution in [0.1, 0.15) is 93.9 Å². The number of hydrogen-bond donors (Lipinski definition) is 1. The van der Waals surface area contributed by atoms with Crippen molar-refractivity contribution in [3.63, 3.8) is 0 Å². The molecular weight excluding hydrogens is 382 g/mol. The fraction of sp³-hybridized carbons (Fsp3) is 0.917. The number of ketones is 1. The average molecular weight is 430 g/mol. The van der Waals surface area contributed by atoms with E-state index in [-0.39, 0.29) is 22.9 Å². The molecule has 1 N–H and O–H groups in total. The summed E-state index contributed by atoms with van der Waals surface area (Å²) < 4.78 is 17.1. The average Bonchev–Trinajstić information content (AvgIpc) is 2.60. The maximum atomic E-state index is 12.4. The van der Waals surface area contributed by atoms with Gasteiger partial charge in [0.2, 0.25) is 5.91 Å². The van der Waals surface area contributed by atoms with Gasteiger partial charge in [0.15, 0.2) is 5.78 Å². The van der Waals surface area contributed by atoms with Crippen molar-refractivity contribution in [2.24, 2.45) is 5.92 Å². The third kappa shape index (κ3) is 14.1. The highest BCUT2D eigenvalue weighted by molar-refractivity contribution is 5.87. The van der Waals surface area contributed by atoms with Gasteiger partial charge in [0.1, 0.15) is 5.60 Å². The van der Waals surface area contributed by atoms with Gasteiger partial charge in [-0.2, -0.15) is 0 Å². The number of carbonyl (C=O) groups is 2. The topological polar surface area (TPSA) is 73.9 Å². The highest BCUT2D eigenvalue weighted by Crippen LogP contribution is 2.19. The fourth-order valence-corrected chi connectivity index (χ4v) is 2.68. The molecule has 0 unspecified atom stereocenters. The maximum absolute atomic E-state index is 12.4. The summed E-state index contributed by atoms with van der Waals surface area (Å²) in [5.74, 6) is 0.567. The third-order valence-electron chi connectivity index (χ3n) is 5.44. The second-order valence-corrected chi connectivity index (χ2v) is 10.2. The molecule has 0 aliphatic carbocycles. The van der Waals surface area contributed by atoms with Crippen LogP contribution < -0.4 is 5.32 Å². The van der Waals surface area contributed by atoms with Gasteiger partial charge in [0.05, 0.1) is 17.8 Å². The van der Waals surface area contributed by atoms with Gasteiger partial charge in [-0.3, -0.25) is 9.59 Å². The first-order valence-electron chi connectivity index (χ1n) is 11.3. The van der Waals surface area contributed by atoms with E-state index in [1.807, 2.05) is 41.5 Å². The molecule has 0 rings (SSSR count). The summed E-state index contributed by atoms with van der Waals surface area (Å²) in [6.07, 6.45) is 3.70. The summed E-state index contributed by atoms with van der Waals surface area (Å²) in [4.78, 5) is 24.5. The summed E-state index contributed by atoms with van der Waals surface area (Å²) in [6, 6.07) is 0. The molecule has 0 fully saturated rings. The van der Waals surface area contributed by atoms with Crippen molar-refractivity contribution in [2.45, 2.75) is 111 Å². The predicted molar refractivity (Wildman–Crippen MR) is 122 cm³/mol. The van der Waals surface area contributed by atoms with Gasteiger partial charge in [-0.05, 0) is 73.1 Å². The first-order chi connectivity index (χ1) is 13.7. The van der Waals surface area contributed by atoms with Crippen LogP contribution in [0.4, 0.5) is 0 Å². The van der Waals surface area contributed by atoms with E-state index >= 15 is 0 Å². The number of Topliss-reactive ketones (excluding diaryl/α,β-unsaturated/α-hetero) is 1. The summed E-state index contributed by atoms with van der Waals surface area (Å²) in [7, 11) is 1.70. The Hall–Kier alpha value is -0.980. The number of rotatable bonds is 17. The van der Waals surface area contributed by atoms with Gasteiger partial charge in [-0.25, -0.2) is 0 Å². The molecule has 0 aromatic heterocycles. The Labute approximate surface area is 184 Å². The van der Waals surface area contributed by atoms with Crippen LogP contribution in [0, 0.1) is 5.92 Å². The first kappa shape index (κ1) is 29.0. The van der Waals surface area contributed by atoms with Crippen molar-refractivity contribution in [3.05, 3.63) is 0 Å². The fourth-order valence-electron chi connectivity index (χ4n) is 2.68. The summed E-state index contributed by atoms with van der Waals surface area (Å²) in [5.41, 5.74) is -1.30. The minimum atomic E-state index is -0.788. The zero-order chi connectivity index (χ0) is 23.4. The summed E-state index contributed by atoms with van der Waals surface area (Å²) in [5, 5.41) is 2.93. The highest BCUT2D eigenvalue weighted by Gasteiger charge is 2.28. The Morgan fingerprint density at radius 2 is 1.50 bits per heavy atom. The molecule has 0 bridgehead atoms. The quantitative estimate of drug-likeness (QED) is 0.363. The molecule has 0 aliphatic heterocycles. The molecule has 6 nitrogen and oxygen atoms in total. The highest BCUT2D eigenvalue weighted by atomic mass is 16.5. The largest absolute Gasteiger partial charge is 0.379 e. The predicted octanol–water partition coefficient (Wildman–Crippen LogP) is 4.68. The Morgan fingerprint density at radius 1 is 0.867 bits per heavy atom. The van der Waals surface area contributed by atoms with Crippen LogP contribution in [-0.2, 0) is 23.8 Å². The van der Waals surface area contributed by atoms with Gasteiger partial charge >= 0.3 is 0 Å². The summed E-state index contributed by atoms with van der Waals surface area (Å²) in [6.45, 7) is 17.8. The monoisotopic (exact) mass is 429 g/mol. The molecule has 0 radical (unpaired) electrons. The lowest BCUT2D eigenvalue weighted by molar-refractivity contribution is -0.141. The molecule has 6 heteroatoms. The number of carbonyl (C=O) groups excluding carboxylic acids is 2. The molecule has 0 aliphatic rings. The molecule has 0 atom stereocenters. The maximum Gasteiger partial charge on any atom is 0.220 e. The molecule has 0 spiro atoms. The Balaban J connectivity index is 4.04. The van der Waals surface area contributed by atoms with Crippen molar-refractivity contribution in [1.29, 1.82) is 0 Å². The second-order valence-electron chi connectivity index (χ2n) is 10.2. The zero-order valence-corrected chi connectivity index (χ0v) is 21.0. The molecule has 0 aromatic rings. The standard InChI is InChI=1S/C24H47NO5/c1-19(2)13-17-30-24(7,8)20(26)11-10-12-21(27)25-16-14-23(5,6)29-18-15-22(3,4)28-9/h19H,10-18H2,1-9H3,(H,25,27). The van der Waals surface area contributed by atoms with Crippen molar-refractivity contribution in [1.82, 2.24) is 5.32 Å². The van der Waals surface area contributed by atoms with Gasteiger partial charge in [0, 0.05) is 33.1 Å². The molecule has 0 aromatic carbocycles. The van der Waals surface area contributed by atoms with Crippen LogP contribution in [0.2, 0.25) is 0 Å². The molecule has 178 valence electrons. The van der Waals surface area contributed by atoms with Crippen molar-refractivity contribution >= 4 is 11.7 Å². The van der Waals surface area contributed by atoms with Gasteiger partial charge in [-0.1, -0.05) is 13.8 Å². The molecule has 1 amide bonds. The van der Waals surface area contributed by atoms with E-state index in [2.05, 4.69) is 19.2 Å². The minimum Gasteiger partial charge on any atom is -0.379 e. The van der Waals surface area contributed by atoms with Gasteiger partial charge in [-0.15, -0.1) is 0 Å². The number of hydrogen-bond acceptors (Lipinski definition) is 5. The normalized spacial score (nSPS) is 13.0. The number of methoxy groups -OCH3 is 1. The van der Waals surface area contributed by atoms with E-state index in [4.69, 9.17) is 14.2 Å². The Bertz CT molecular complexity index is 512. The lowest BCUT2D eigenvalue weighted by Gasteiger charge is -2.29. The van der Waals surface area contributed by atoms with E-state index < -0.39 is 5.60 Å². The zero-order valence-electron chi connectivity index (χ0n) is 21.0. The molecule has 30 heavy (non-hydrogen) atoms. The van der Waals surface area contributed by atoms with Gasteiger partial charge < -0.3 is 19.5 Å². The summed E-state index contributed by atoms with van der Waals surface area (Å²) >= 11 is 0. The van der Waals surface area contributed by atoms with Crippen LogP contribution in [0.5, 0.6) is 0 Å². The van der Waals surface area contributed by atoms with E-state index in [0.717, 1.165) is 19.3 Å². The van der Waals surface area contributed by atoms with Crippen LogP contribution in [0.3, 0.4) is 0 Å². The van der Waals surface area contributed by atoms with Crippen LogP contribution in [0.15, 0.2) is 0 Å². The van der Waals surface area contributed by atoms with E-state index in [0.29, 0.717) is 44.9 Å². The van der Waals surface area contributed by atoms with Crippen molar-refractivity contribution in [3.8, 4) is 0 Å². The van der Waals surface area contributed by atoms with Gasteiger partial charge in [0.25, 0.3) is 0 Å². The van der Waals surface area contributed by atoms with E-state index in [9.17, 15) is 9.59 Å². The first-order valence-corrected chi connectivity index (χ1v) is 11.3. The van der Waals surface area contributed by atoms with Crippen LogP contribution in [0.25, 0.3) is 0 Å². The number of nitrogens with one attached hydrogen (secondary N) is 1. The van der Waals surface area contributed by atoms with Crippen LogP contribution in [-0.4, -0.2) is 55.4 Å².